The van der Waals surface area contributed by atoms with E-state index >= 15 is 0 Å². The number of hydrogen-bond acceptors (Lipinski definition) is 5. The van der Waals surface area contributed by atoms with Gasteiger partial charge in [0.05, 0.1) is 13.0 Å². The van der Waals surface area contributed by atoms with Crippen LogP contribution >= 0.6 is 0 Å². The van der Waals surface area contributed by atoms with Crippen molar-refractivity contribution < 1.29 is 42.1 Å². The summed E-state index contributed by atoms with van der Waals surface area (Å²) in [6.07, 6.45) is -1.64. The molecule has 3 N–H and O–H groups in total. The monoisotopic (exact) mass is 593 g/mol. The number of nitrogens with one attached hydrogen (secondary N) is 2. The summed E-state index contributed by atoms with van der Waals surface area (Å²) >= 11 is 0. The van der Waals surface area contributed by atoms with E-state index in [-0.39, 0.29) is 36.7 Å². The van der Waals surface area contributed by atoms with Crippen molar-refractivity contribution in [2.24, 2.45) is 11.3 Å². The molecule has 0 saturated heterocycles. The number of ether oxygens (including phenoxy) is 2. The number of hydrogen-bond donors (Lipinski definition) is 3. The second-order valence-electron chi connectivity index (χ2n) is 11.2. The van der Waals surface area contributed by atoms with E-state index in [9.17, 15) is 27.6 Å². The van der Waals surface area contributed by atoms with Crippen LogP contribution in [0.25, 0.3) is 0 Å². The number of carbonyl (C=O) groups excluding carboxylic acids is 2. The molecule has 2 aromatic rings. The quantitative estimate of drug-likeness (QED) is 0.276. The van der Waals surface area contributed by atoms with Gasteiger partial charge in [-0.3, -0.25) is 9.59 Å². The molecular weight excluding hydrogens is 555 g/mol. The summed E-state index contributed by atoms with van der Waals surface area (Å²) in [5, 5.41) is 14.1. The van der Waals surface area contributed by atoms with Gasteiger partial charge in [0.2, 0.25) is 0 Å². The standard InChI is InChI=1S/C30H38F3N3O6/c1-29(2,19-41-3)22-8-12-24(13-9-22)36(28(40)35-23-10-14-25(15-11-23)42-30(31,32)33)18-20-4-6-21(7-5-20)27(39)34-17-16-26(37)38/h4-7,10-11,14-15,22,24H,8-9,12-13,16-19H2,1-3H3,(H,34,39)(H,35,40)(H,37,38). The maximum atomic E-state index is 13.5. The first-order chi connectivity index (χ1) is 19.8. The van der Waals surface area contributed by atoms with Crippen LogP contribution in [0.1, 0.15) is 61.9 Å². The highest BCUT2D eigenvalue weighted by Crippen LogP contribution is 2.40. The van der Waals surface area contributed by atoms with Crippen molar-refractivity contribution in [2.45, 2.75) is 64.9 Å². The first-order valence-electron chi connectivity index (χ1n) is 13.8. The molecule has 2 aromatic carbocycles. The molecule has 1 saturated carbocycles. The lowest BCUT2D eigenvalue weighted by Gasteiger charge is -2.42. The van der Waals surface area contributed by atoms with Gasteiger partial charge in [-0.15, -0.1) is 13.2 Å². The molecule has 0 bridgehead atoms. The molecule has 1 fully saturated rings. The van der Waals surface area contributed by atoms with Crippen LogP contribution in [-0.2, 0) is 16.1 Å². The minimum atomic E-state index is -4.81. The highest BCUT2D eigenvalue weighted by atomic mass is 19.4. The Balaban J connectivity index is 1.73. The topological polar surface area (TPSA) is 117 Å². The summed E-state index contributed by atoms with van der Waals surface area (Å²) in [6, 6.07) is 11.2. The van der Waals surface area contributed by atoms with Crippen molar-refractivity contribution >= 4 is 23.6 Å². The van der Waals surface area contributed by atoms with Crippen molar-refractivity contribution in [1.82, 2.24) is 10.2 Å². The molecule has 42 heavy (non-hydrogen) atoms. The van der Waals surface area contributed by atoms with Gasteiger partial charge in [-0.05, 0) is 79.0 Å². The van der Waals surface area contributed by atoms with Gasteiger partial charge in [-0.25, -0.2) is 4.79 Å². The molecular formula is C30H38F3N3O6. The Morgan fingerprint density at radius 3 is 2.14 bits per heavy atom. The molecule has 0 heterocycles. The predicted octanol–water partition coefficient (Wildman–Crippen LogP) is 6.06. The van der Waals surface area contributed by atoms with Crippen LogP contribution < -0.4 is 15.4 Å². The van der Waals surface area contributed by atoms with Crippen LogP contribution in [0.5, 0.6) is 5.75 Å². The Bertz CT molecular complexity index is 1190. The zero-order valence-electron chi connectivity index (χ0n) is 24.0. The summed E-state index contributed by atoms with van der Waals surface area (Å²) < 4.78 is 46.9. The fourth-order valence-corrected chi connectivity index (χ4v) is 5.30. The molecule has 230 valence electrons. The van der Waals surface area contributed by atoms with Gasteiger partial charge >= 0.3 is 18.4 Å². The number of aliphatic carboxylic acids is 1. The lowest BCUT2D eigenvalue weighted by atomic mass is 9.70. The van der Waals surface area contributed by atoms with Crippen LogP contribution in [0.3, 0.4) is 0 Å². The second kappa shape index (κ2) is 14.4. The van der Waals surface area contributed by atoms with Crippen LogP contribution in [0, 0.1) is 11.3 Å². The average Bonchev–Trinajstić information content (AvgIpc) is 2.92. The van der Waals surface area contributed by atoms with Gasteiger partial charge in [-0.1, -0.05) is 26.0 Å². The Morgan fingerprint density at radius 1 is 0.976 bits per heavy atom. The number of amides is 3. The van der Waals surface area contributed by atoms with Crippen LogP contribution in [0.15, 0.2) is 48.5 Å². The number of carboxylic acid groups (broad SMARTS) is 1. The van der Waals surface area contributed by atoms with Gasteiger partial charge in [0.25, 0.3) is 5.91 Å². The van der Waals surface area contributed by atoms with Crippen molar-refractivity contribution in [2.75, 3.05) is 25.6 Å². The molecule has 0 aromatic heterocycles. The van der Waals surface area contributed by atoms with E-state index in [2.05, 4.69) is 29.2 Å². The van der Waals surface area contributed by atoms with Gasteiger partial charge in [0, 0.05) is 37.5 Å². The summed E-state index contributed by atoms with van der Waals surface area (Å²) in [5.41, 5.74) is 1.46. The number of nitrogens with zero attached hydrogens (tertiary/aromatic N) is 1. The Hall–Kier alpha value is -3.80. The Kier molecular flexibility index (Phi) is 11.2. The van der Waals surface area contributed by atoms with E-state index in [0.717, 1.165) is 43.4 Å². The maximum absolute atomic E-state index is 13.5. The highest BCUT2D eigenvalue weighted by molar-refractivity contribution is 5.94. The number of urea groups is 1. The maximum Gasteiger partial charge on any atom is 0.573 e. The van der Waals surface area contributed by atoms with Crippen molar-refractivity contribution in [1.29, 1.82) is 0 Å². The van der Waals surface area contributed by atoms with E-state index in [0.29, 0.717) is 23.8 Å². The first-order valence-corrected chi connectivity index (χ1v) is 13.8. The highest BCUT2D eigenvalue weighted by Gasteiger charge is 2.36. The fraction of sp³-hybridized carbons (Fsp3) is 0.500. The number of carboxylic acids is 1. The normalized spacial score (nSPS) is 17.3. The molecule has 0 radical (unpaired) electrons. The van der Waals surface area contributed by atoms with E-state index in [1.165, 1.54) is 12.1 Å². The van der Waals surface area contributed by atoms with Gasteiger partial charge in [0.1, 0.15) is 5.75 Å². The van der Waals surface area contributed by atoms with E-state index < -0.39 is 24.3 Å². The van der Waals surface area contributed by atoms with E-state index in [1.54, 1.807) is 36.3 Å². The number of alkyl halides is 3. The van der Waals surface area contributed by atoms with E-state index in [4.69, 9.17) is 9.84 Å². The third kappa shape index (κ3) is 9.93. The first kappa shape index (κ1) is 32.7. The summed E-state index contributed by atoms with van der Waals surface area (Å²) in [4.78, 5) is 38.3. The van der Waals surface area contributed by atoms with Gasteiger partial charge < -0.3 is 30.1 Å². The average molecular weight is 594 g/mol. The zero-order chi connectivity index (χ0) is 30.9. The largest absolute Gasteiger partial charge is 0.573 e. The molecule has 0 unspecified atom stereocenters. The van der Waals surface area contributed by atoms with Crippen LogP contribution in [0.2, 0.25) is 0 Å². The zero-order valence-corrected chi connectivity index (χ0v) is 24.0. The van der Waals surface area contributed by atoms with Crippen molar-refractivity contribution in [3.05, 3.63) is 59.7 Å². The molecule has 3 amide bonds. The van der Waals surface area contributed by atoms with Gasteiger partial charge in [0.15, 0.2) is 0 Å². The molecule has 0 aliphatic heterocycles. The number of carbonyl (C=O) groups is 3. The lowest BCUT2D eigenvalue weighted by molar-refractivity contribution is -0.274. The molecule has 0 spiro atoms. The summed E-state index contributed by atoms with van der Waals surface area (Å²) in [6.45, 7) is 5.25. The molecule has 12 heteroatoms. The van der Waals surface area contributed by atoms with Crippen LogP contribution in [-0.4, -0.2) is 60.6 Å². The number of halogens is 3. The summed E-state index contributed by atoms with van der Waals surface area (Å²) in [7, 11) is 1.69. The molecule has 3 rings (SSSR count). The summed E-state index contributed by atoms with van der Waals surface area (Å²) in [5.74, 6) is -1.36. The van der Waals surface area contributed by atoms with Crippen LogP contribution in [0.4, 0.5) is 23.7 Å². The molecule has 0 atom stereocenters. The fourth-order valence-electron chi connectivity index (χ4n) is 5.30. The minimum absolute atomic E-state index is 0.00604. The number of methoxy groups -OCH3 is 1. The van der Waals surface area contributed by atoms with Crippen molar-refractivity contribution in [3.8, 4) is 5.75 Å². The third-order valence-corrected chi connectivity index (χ3v) is 7.55. The molecule has 9 nitrogen and oxygen atoms in total. The lowest BCUT2D eigenvalue weighted by Crippen LogP contribution is -2.45. The Labute approximate surface area is 243 Å². The van der Waals surface area contributed by atoms with Crippen molar-refractivity contribution in [3.63, 3.8) is 0 Å². The second-order valence-corrected chi connectivity index (χ2v) is 11.2. The predicted molar refractivity (Wildman–Crippen MR) is 150 cm³/mol. The van der Waals surface area contributed by atoms with Gasteiger partial charge in [-0.2, -0.15) is 0 Å². The number of anilines is 1. The third-order valence-electron chi connectivity index (χ3n) is 7.55. The minimum Gasteiger partial charge on any atom is -0.481 e. The number of benzene rings is 2. The molecule has 1 aliphatic rings. The SMILES string of the molecule is COCC(C)(C)C1CCC(N(Cc2ccc(C(=O)NCCC(=O)O)cc2)C(=O)Nc2ccc(OC(F)(F)F)cc2)CC1. The Morgan fingerprint density at radius 2 is 1.60 bits per heavy atom. The number of rotatable bonds is 12. The molecule has 1 aliphatic carbocycles. The smallest absolute Gasteiger partial charge is 0.481 e. The van der Waals surface area contributed by atoms with E-state index in [1.807, 2.05) is 0 Å².